The van der Waals surface area contributed by atoms with E-state index in [0.717, 1.165) is 89.9 Å². The zero-order valence-corrected chi connectivity index (χ0v) is 68.0. The van der Waals surface area contributed by atoms with Crippen LogP contribution in [0.25, 0.3) is 0 Å². The minimum Gasteiger partial charge on any atom is -0.394 e. The van der Waals surface area contributed by atoms with Gasteiger partial charge in [-0.3, -0.25) is 4.79 Å². The standard InChI is InChI=1S/C90H159NO18/c1-3-5-7-9-11-13-15-17-19-21-23-25-27-29-31-33-35-36-38-39-41-43-45-47-49-51-53-55-57-59-61-63-65-67-74(95)73(91-78(96)68-66-64-62-60-58-56-54-52-50-48-46-44-42-40-37-34-32-30-28-26-24-22-20-18-16-14-12-10-8-6-4-2)72-104-88-84(102)81(99)86(76(70-93)106-88)109-90-85(103)82(100)87(77(71-94)107-90)108-89-83(101)80(98)79(97)75(69-92)105-89/h6,8,12,14,18,20,24,26,30,32,37,40,57,59,65,67,73-77,79-90,92-95,97-103H,3-5,7,9-11,13,15-17,19,21-23,25,27-29,31,33-36,38-39,41-56,58,60-64,66,68-72H2,1-2H3,(H,91,96)/b8-6-,14-12-,20-18-,26-24-,32-30-,40-37-,59-57+,67-65+. The molecule has 0 aliphatic carbocycles. The Morgan fingerprint density at radius 3 is 1.03 bits per heavy atom. The van der Waals surface area contributed by atoms with Crippen LogP contribution in [0, 0.1) is 0 Å². The Kier molecular flexibility index (Phi) is 63.3. The fourth-order valence-corrected chi connectivity index (χ4v) is 14.4. The van der Waals surface area contributed by atoms with E-state index >= 15 is 0 Å². The van der Waals surface area contributed by atoms with Gasteiger partial charge in [0.15, 0.2) is 18.9 Å². The molecular weight excluding hydrogens is 1380 g/mol. The summed E-state index contributed by atoms with van der Waals surface area (Å²) < 4.78 is 34.5. The quantitative estimate of drug-likeness (QED) is 0.0199. The first-order chi connectivity index (χ1) is 53.3. The lowest BCUT2D eigenvalue weighted by Gasteiger charge is -2.48. The van der Waals surface area contributed by atoms with Gasteiger partial charge in [-0.15, -0.1) is 0 Å². The van der Waals surface area contributed by atoms with Crippen LogP contribution in [-0.4, -0.2) is 193 Å². The second kappa shape index (κ2) is 69.1. The van der Waals surface area contributed by atoms with Gasteiger partial charge in [0, 0.05) is 6.42 Å². The van der Waals surface area contributed by atoms with Crippen molar-refractivity contribution in [1.82, 2.24) is 5.32 Å². The Bertz CT molecular complexity index is 2340. The molecule has 0 aromatic rings. The molecule has 632 valence electrons. The molecule has 3 aliphatic rings. The van der Waals surface area contributed by atoms with Crippen molar-refractivity contribution in [1.29, 1.82) is 0 Å². The van der Waals surface area contributed by atoms with E-state index in [1.54, 1.807) is 6.08 Å². The molecule has 0 saturated carbocycles. The van der Waals surface area contributed by atoms with Gasteiger partial charge in [-0.05, 0) is 83.5 Å². The molecule has 3 rings (SSSR count). The van der Waals surface area contributed by atoms with Crippen molar-refractivity contribution in [3.05, 3.63) is 97.2 Å². The van der Waals surface area contributed by atoms with Gasteiger partial charge in [0.2, 0.25) is 5.91 Å². The molecule has 0 bridgehead atoms. The van der Waals surface area contributed by atoms with E-state index in [-0.39, 0.29) is 18.9 Å². The van der Waals surface area contributed by atoms with Crippen molar-refractivity contribution in [2.45, 2.75) is 439 Å². The Labute approximate surface area is 660 Å². The van der Waals surface area contributed by atoms with E-state index in [2.05, 4.69) is 104 Å². The minimum atomic E-state index is -1.99. The van der Waals surface area contributed by atoms with Crippen LogP contribution >= 0.6 is 0 Å². The van der Waals surface area contributed by atoms with Crippen LogP contribution in [-0.2, 0) is 33.2 Å². The van der Waals surface area contributed by atoms with E-state index in [0.29, 0.717) is 12.8 Å². The van der Waals surface area contributed by atoms with Crippen LogP contribution in [0.4, 0.5) is 0 Å². The molecule has 3 fully saturated rings. The van der Waals surface area contributed by atoms with Gasteiger partial charge >= 0.3 is 0 Å². The number of allylic oxidation sites excluding steroid dienone is 15. The van der Waals surface area contributed by atoms with E-state index in [4.69, 9.17) is 28.4 Å². The minimum absolute atomic E-state index is 0.228. The second-order valence-electron chi connectivity index (χ2n) is 31.0. The summed E-state index contributed by atoms with van der Waals surface area (Å²) in [5, 5.41) is 121. The molecule has 17 unspecified atom stereocenters. The topological polar surface area (TPSA) is 307 Å². The molecule has 19 nitrogen and oxygen atoms in total. The zero-order chi connectivity index (χ0) is 78.8. The van der Waals surface area contributed by atoms with Gasteiger partial charge in [-0.25, -0.2) is 0 Å². The lowest BCUT2D eigenvalue weighted by Crippen LogP contribution is -2.66. The number of amides is 1. The van der Waals surface area contributed by atoms with Crippen molar-refractivity contribution < 1.29 is 89.4 Å². The largest absolute Gasteiger partial charge is 0.394 e. The van der Waals surface area contributed by atoms with Gasteiger partial charge < -0.3 is 89.9 Å². The molecular formula is C90H159NO18. The van der Waals surface area contributed by atoms with Crippen LogP contribution in [0.5, 0.6) is 0 Å². The highest BCUT2D eigenvalue weighted by Gasteiger charge is 2.54. The third kappa shape index (κ3) is 48.0. The molecule has 3 saturated heterocycles. The lowest BCUT2D eigenvalue weighted by molar-refractivity contribution is -0.379. The summed E-state index contributed by atoms with van der Waals surface area (Å²) in [6.45, 7) is 1.64. The van der Waals surface area contributed by atoms with Crippen LogP contribution in [0.2, 0.25) is 0 Å². The van der Waals surface area contributed by atoms with Crippen LogP contribution < -0.4 is 5.32 Å². The summed E-state index contributed by atoms with van der Waals surface area (Å²) in [5.41, 5.74) is 0. The highest BCUT2D eigenvalue weighted by atomic mass is 16.8. The summed E-state index contributed by atoms with van der Waals surface area (Å²) in [5.74, 6) is -0.287. The number of carbonyl (C=O) groups excluding carboxylic acids is 1. The number of carbonyl (C=O) groups is 1. The first-order valence-corrected chi connectivity index (χ1v) is 44.0. The molecule has 3 heterocycles. The average Bonchev–Trinajstić information content (AvgIpc) is 0.782. The Morgan fingerprint density at radius 2 is 0.642 bits per heavy atom. The SMILES string of the molecule is CC/C=C\C/C=C\C/C=C\C/C=C\C/C=C\C/C=C\CCCCCCCCCCCCCCC(=O)NC(COC1OC(CO)C(OC2OC(CO)C(OC3OC(CO)C(O)C(O)C3O)C(O)C2O)C(O)C1O)C(O)/C=C/CC/C=C/CCCCCCCCCCCCCCCCCCCCCCCCCCCCC. The summed E-state index contributed by atoms with van der Waals surface area (Å²) in [7, 11) is 0. The number of aliphatic hydroxyl groups excluding tert-OH is 11. The molecule has 0 aromatic heterocycles. The summed E-state index contributed by atoms with van der Waals surface area (Å²) in [4.78, 5) is 13.5. The van der Waals surface area contributed by atoms with Crippen molar-refractivity contribution in [3.63, 3.8) is 0 Å². The van der Waals surface area contributed by atoms with E-state index in [9.17, 15) is 61.0 Å². The van der Waals surface area contributed by atoms with Crippen molar-refractivity contribution in [2.75, 3.05) is 26.4 Å². The van der Waals surface area contributed by atoms with E-state index in [1.807, 2.05) is 6.08 Å². The summed E-state index contributed by atoms with van der Waals surface area (Å²) in [6.07, 6.45) is 68.4. The van der Waals surface area contributed by atoms with Crippen LogP contribution in [0.15, 0.2) is 97.2 Å². The van der Waals surface area contributed by atoms with Gasteiger partial charge in [-0.2, -0.15) is 0 Å². The van der Waals surface area contributed by atoms with E-state index in [1.165, 1.54) is 212 Å². The van der Waals surface area contributed by atoms with Crippen molar-refractivity contribution in [3.8, 4) is 0 Å². The monoisotopic (exact) mass is 1540 g/mol. The fraction of sp³-hybridized carbons (Fsp3) is 0.811. The Hall–Kier alpha value is -3.29. The highest BCUT2D eigenvalue weighted by Crippen LogP contribution is 2.33. The maximum absolute atomic E-state index is 13.5. The van der Waals surface area contributed by atoms with E-state index < -0.39 is 124 Å². The lowest BCUT2D eigenvalue weighted by atomic mass is 9.96. The molecule has 109 heavy (non-hydrogen) atoms. The zero-order valence-electron chi connectivity index (χ0n) is 68.0. The highest BCUT2D eigenvalue weighted by molar-refractivity contribution is 5.76. The van der Waals surface area contributed by atoms with Crippen LogP contribution in [0.3, 0.4) is 0 Å². The summed E-state index contributed by atoms with van der Waals surface area (Å²) in [6, 6.07) is -1.000. The first-order valence-electron chi connectivity index (χ1n) is 44.0. The maximum atomic E-state index is 13.5. The Morgan fingerprint density at radius 1 is 0.339 bits per heavy atom. The number of nitrogens with one attached hydrogen (secondary N) is 1. The van der Waals surface area contributed by atoms with Crippen molar-refractivity contribution in [2.24, 2.45) is 0 Å². The van der Waals surface area contributed by atoms with Gasteiger partial charge in [-0.1, -0.05) is 342 Å². The second-order valence-corrected chi connectivity index (χ2v) is 31.0. The molecule has 1 amide bonds. The third-order valence-corrected chi connectivity index (χ3v) is 21.4. The molecule has 19 heteroatoms. The summed E-state index contributed by atoms with van der Waals surface area (Å²) >= 11 is 0. The average molecular weight is 1540 g/mol. The normalized spacial score (nSPS) is 25.8. The van der Waals surface area contributed by atoms with Gasteiger partial charge in [0.25, 0.3) is 0 Å². The fourth-order valence-electron chi connectivity index (χ4n) is 14.4. The number of aliphatic hydroxyl groups is 11. The first kappa shape index (κ1) is 99.9. The molecule has 0 radical (unpaired) electrons. The Balaban J connectivity index is 1.36. The molecule has 12 N–H and O–H groups in total. The maximum Gasteiger partial charge on any atom is 0.220 e. The number of unbranched alkanes of at least 4 members (excludes halogenated alkanes) is 40. The predicted octanol–water partition coefficient (Wildman–Crippen LogP) is 16.3. The molecule has 3 aliphatic heterocycles. The van der Waals surface area contributed by atoms with Crippen LogP contribution in [0.1, 0.15) is 335 Å². The third-order valence-electron chi connectivity index (χ3n) is 21.4. The van der Waals surface area contributed by atoms with Crippen molar-refractivity contribution >= 4 is 5.91 Å². The number of hydrogen-bond donors (Lipinski definition) is 12. The molecule has 17 atom stereocenters. The molecule has 0 spiro atoms. The number of ether oxygens (including phenoxy) is 6. The van der Waals surface area contributed by atoms with Gasteiger partial charge in [0.1, 0.15) is 73.2 Å². The van der Waals surface area contributed by atoms with Gasteiger partial charge in [0.05, 0.1) is 38.6 Å². The molecule has 0 aromatic carbocycles. The smallest absolute Gasteiger partial charge is 0.220 e. The predicted molar refractivity (Wildman–Crippen MR) is 438 cm³/mol. The number of hydrogen-bond acceptors (Lipinski definition) is 18. The number of rotatable bonds is 70.